The Morgan fingerprint density at radius 3 is 2.71 bits per heavy atom. The Balaban J connectivity index is 3.04. The quantitative estimate of drug-likeness (QED) is 0.797. The van der Waals surface area contributed by atoms with E-state index in [1.54, 1.807) is 17.0 Å². The van der Waals surface area contributed by atoms with Crippen molar-refractivity contribution in [3.63, 3.8) is 0 Å². The fourth-order valence-corrected chi connectivity index (χ4v) is 1.60. The highest BCUT2D eigenvalue weighted by atomic mass is 16.4. The summed E-state index contributed by atoms with van der Waals surface area (Å²) in [5, 5.41) is 9.09. The third-order valence-electron chi connectivity index (χ3n) is 2.25. The highest BCUT2D eigenvalue weighted by Crippen LogP contribution is 2.19. The second-order valence-electron chi connectivity index (χ2n) is 3.63. The lowest BCUT2D eigenvalue weighted by atomic mass is 10.0. The third-order valence-corrected chi connectivity index (χ3v) is 2.25. The molecule has 1 rings (SSSR count). The van der Waals surface area contributed by atoms with Gasteiger partial charge in [-0.1, -0.05) is 20.8 Å². The summed E-state index contributed by atoms with van der Waals surface area (Å²) in [6.45, 7) is 5.77. The first-order valence-corrected chi connectivity index (χ1v) is 4.82. The molecule has 1 heterocycles. The largest absolute Gasteiger partial charge is 0.480 e. The minimum Gasteiger partial charge on any atom is -0.480 e. The van der Waals surface area contributed by atoms with Gasteiger partial charge in [0.2, 0.25) is 0 Å². The van der Waals surface area contributed by atoms with Gasteiger partial charge in [0, 0.05) is 18.8 Å². The molecule has 1 atom stereocenters. The Morgan fingerprint density at radius 1 is 1.64 bits per heavy atom. The van der Waals surface area contributed by atoms with Crippen LogP contribution in [0.1, 0.15) is 32.6 Å². The van der Waals surface area contributed by atoms with Crippen LogP contribution in [0.2, 0.25) is 0 Å². The monoisotopic (exact) mass is 196 g/mol. The molecule has 0 spiro atoms. The smallest absolute Gasteiger partial charge is 0.326 e. The van der Waals surface area contributed by atoms with Gasteiger partial charge < -0.3 is 9.67 Å². The highest BCUT2D eigenvalue weighted by molar-refractivity contribution is 5.72. The number of carbonyl (C=O) groups is 1. The Kier molecular flexibility index (Phi) is 3.28. The number of nitrogens with zero attached hydrogens (tertiary/aromatic N) is 2. The number of rotatable bonds is 4. The molecular weight excluding hydrogens is 180 g/mol. The zero-order valence-corrected chi connectivity index (χ0v) is 8.77. The summed E-state index contributed by atoms with van der Waals surface area (Å²) >= 11 is 0. The highest BCUT2D eigenvalue weighted by Gasteiger charge is 2.24. The van der Waals surface area contributed by atoms with E-state index < -0.39 is 12.0 Å². The van der Waals surface area contributed by atoms with E-state index in [1.165, 1.54) is 0 Å². The fraction of sp³-hybridized carbons (Fsp3) is 0.600. The van der Waals surface area contributed by atoms with Gasteiger partial charge in [0.1, 0.15) is 11.9 Å². The summed E-state index contributed by atoms with van der Waals surface area (Å²) in [6.07, 6.45) is 4.14. The number of aromatic nitrogens is 2. The summed E-state index contributed by atoms with van der Waals surface area (Å²) in [7, 11) is 0. The van der Waals surface area contributed by atoms with Crippen LogP contribution in [-0.4, -0.2) is 20.6 Å². The van der Waals surface area contributed by atoms with Gasteiger partial charge in [-0.2, -0.15) is 0 Å². The fourth-order valence-electron chi connectivity index (χ4n) is 1.60. The lowest BCUT2D eigenvalue weighted by Crippen LogP contribution is -2.25. The van der Waals surface area contributed by atoms with Crippen LogP contribution in [0.5, 0.6) is 0 Å². The molecule has 0 aliphatic rings. The average Bonchev–Trinajstić information content (AvgIpc) is 2.51. The van der Waals surface area contributed by atoms with E-state index in [2.05, 4.69) is 4.98 Å². The number of aryl methyl sites for hydroxylation is 1. The lowest BCUT2D eigenvalue weighted by Gasteiger charge is -2.19. The average molecular weight is 196 g/mol. The molecular formula is C10H16N2O2. The van der Waals surface area contributed by atoms with E-state index in [4.69, 9.17) is 5.11 Å². The van der Waals surface area contributed by atoms with Crippen LogP contribution < -0.4 is 0 Å². The number of imidazole rings is 1. The van der Waals surface area contributed by atoms with Crippen molar-refractivity contribution in [2.45, 2.75) is 33.2 Å². The Labute approximate surface area is 83.6 Å². The topological polar surface area (TPSA) is 55.1 Å². The Bertz CT molecular complexity index is 318. The van der Waals surface area contributed by atoms with E-state index in [9.17, 15) is 4.79 Å². The lowest BCUT2D eigenvalue weighted by molar-refractivity contribution is -0.142. The SMILES string of the molecule is CCc1nccn1C(C(=O)O)C(C)C. The molecule has 0 fully saturated rings. The minimum absolute atomic E-state index is 0.0620. The first kappa shape index (κ1) is 10.8. The molecule has 0 aliphatic carbocycles. The van der Waals surface area contributed by atoms with Crippen molar-refractivity contribution < 1.29 is 9.90 Å². The van der Waals surface area contributed by atoms with Gasteiger partial charge in [0.15, 0.2) is 0 Å². The maximum absolute atomic E-state index is 11.1. The van der Waals surface area contributed by atoms with E-state index >= 15 is 0 Å². The summed E-state index contributed by atoms with van der Waals surface area (Å²) in [5.74, 6) is 0.0887. The first-order valence-electron chi connectivity index (χ1n) is 4.82. The second kappa shape index (κ2) is 4.26. The zero-order valence-electron chi connectivity index (χ0n) is 8.77. The molecule has 0 saturated carbocycles. The van der Waals surface area contributed by atoms with Crippen LogP contribution >= 0.6 is 0 Å². The van der Waals surface area contributed by atoms with E-state index in [-0.39, 0.29) is 5.92 Å². The predicted octanol–water partition coefficient (Wildman–Crippen LogP) is 1.73. The van der Waals surface area contributed by atoms with Crippen LogP contribution in [-0.2, 0) is 11.2 Å². The molecule has 1 aromatic heterocycles. The number of hydrogen-bond donors (Lipinski definition) is 1. The van der Waals surface area contributed by atoms with E-state index in [1.807, 2.05) is 20.8 Å². The summed E-state index contributed by atoms with van der Waals surface area (Å²) in [5.41, 5.74) is 0. The molecule has 1 N–H and O–H groups in total. The third kappa shape index (κ3) is 1.95. The number of hydrogen-bond acceptors (Lipinski definition) is 2. The van der Waals surface area contributed by atoms with Crippen LogP contribution in [0.25, 0.3) is 0 Å². The van der Waals surface area contributed by atoms with Crippen molar-refractivity contribution in [3.8, 4) is 0 Å². The zero-order chi connectivity index (χ0) is 10.7. The molecule has 4 nitrogen and oxygen atoms in total. The summed E-state index contributed by atoms with van der Waals surface area (Å²) in [4.78, 5) is 15.2. The first-order chi connectivity index (χ1) is 6.57. The minimum atomic E-state index is -0.798. The van der Waals surface area contributed by atoms with Gasteiger partial charge in [-0.05, 0) is 5.92 Å². The molecule has 0 bridgehead atoms. The van der Waals surface area contributed by atoms with Crippen molar-refractivity contribution in [2.75, 3.05) is 0 Å². The molecule has 14 heavy (non-hydrogen) atoms. The van der Waals surface area contributed by atoms with E-state index in [0.717, 1.165) is 12.2 Å². The molecule has 1 unspecified atom stereocenters. The van der Waals surface area contributed by atoms with Crippen LogP contribution in [0.3, 0.4) is 0 Å². The van der Waals surface area contributed by atoms with Crippen LogP contribution in [0.15, 0.2) is 12.4 Å². The standard InChI is InChI=1S/C10H16N2O2/c1-4-8-11-5-6-12(8)9(7(2)3)10(13)14/h5-7,9H,4H2,1-3H3,(H,13,14). The molecule has 0 amide bonds. The van der Waals surface area contributed by atoms with Gasteiger partial charge in [0.05, 0.1) is 0 Å². The maximum Gasteiger partial charge on any atom is 0.326 e. The van der Waals surface area contributed by atoms with Crippen LogP contribution in [0.4, 0.5) is 0 Å². The Hall–Kier alpha value is -1.32. The van der Waals surface area contributed by atoms with Gasteiger partial charge in [-0.15, -0.1) is 0 Å². The molecule has 4 heteroatoms. The van der Waals surface area contributed by atoms with E-state index in [0.29, 0.717) is 0 Å². The molecule has 0 radical (unpaired) electrons. The molecule has 0 aliphatic heterocycles. The second-order valence-corrected chi connectivity index (χ2v) is 3.63. The van der Waals surface area contributed by atoms with Crippen molar-refractivity contribution in [1.29, 1.82) is 0 Å². The van der Waals surface area contributed by atoms with Gasteiger partial charge in [-0.3, -0.25) is 0 Å². The number of carboxylic acids is 1. The molecule has 0 aromatic carbocycles. The number of carboxylic acid groups (broad SMARTS) is 1. The molecule has 78 valence electrons. The normalized spacial score (nSPS) is 13.1. The maximum atomic E-state index is 11.1. The van der Waals surface area contributed by atoms with Gasteiger partial charge in [0.25, 0.3) is 0 Å². The predicted molar refractivity (Wildman–Crippen MR) is 53.1 cm³/mol. The van der Waals surface area contributed by atoms with Crippen molar-refractivity contribution in [2.24, 2.45) is 5.92 Å². The van der Waals surface area contributed by atoms with Gasteiger partial charge in [-0.25, -0.2) is 9.78 Å². The Morgan fingerprint density at radius 2 is 2.29 bits per heavy atom. The number of aliphatic carboxylic acids is 1. The van der Waals surface area contributed by atoms with Crippen LogP contribution in [0, 0.1) is 5.92 Å². The van der Waals surface area contributed by atoms with Gasteiger partial charge >= 0.3 is 5.97 Å². The molecule has 0 saturated heterocycles. The van der Waals surface area contributed by atoms with Crippen molar-refractivity contribution in [1.82, 2.24) is 9.55 Å². The van der Waals surface area contributed by atoms with Crippen molar-refractivity contribution >= 4 is 5.97 Å². The summed E-state index contributed by atoms with van der Waals surface area (Å²) < 4.78 is 1.74. The molecule has 1 aromatic rings. The summed E-state index contributed by atoms with van der Waals surface area (Å²) in [6, 6.07) is -0.507. The van der Waals surface area contributed by atoms with Crippen molar-refractivity contribution in [3.05, 3.63) is 18.2 Å².